The minimum atomic E-state index is -0.0111. The van der Waals surface area contributed by atoms with E-state index in [-0.39, 0.29) is 5.54 Å². The summed E-state index contributed by atoms with van der Waals surface area (Å²) in [5.41, 5.74) is 2.55. The molecule has 0 bridgehead atoms. The maximum atomic E-state index is 5.52. The summed E-state index contributed by atoms with van der Waals surface area (Å²) in [6.45, 7) is 0.314. The first-order valence-electron chi connectivity index (χ1n) is 8.48. The van der Waals surface area contributed by atoms with Gasteiger partial charge in [0.05, 0.1) is 5.54 Å². The Balaban J connectivity index is 1.33. The van der Waals surface area contributed by atoms with E-state index in [9.17, 15) is 0 Å². The number of hydrogen-bond donors (Lipinski definition) is 1. The molecule has 0 saturated heterocycles. The first-order valence-corrected chi connectivity index (χ1v) is 9.29. The van der Waals surface area contributed by atoms with Gasteiger partial charge in [-0.2, -0.15) is 0 Å². The van der Waals surface area contributed by atoms with Crippen LogP contribution in [0.3, 0.4) is 0 Å². The second-order valence-electron chi connectivity index (χ2n) is 6.57. The van der Waals surface area contributed by atoms with Gasteiger partial charge in [0, 0.05) is 17.5 Å². The molecule has 0 atom stereocenters. The van der Waals surface area contributed by atoms with Crippen molar-refractivity contribution in [2.45, 2.75) is 24.8 Å². The molecule has 0 unspecified atom stereocenters. The molecule has 4 nitrogen and oxygen atoms in total. The normalized spacial score (nSPS) is 16.6. The SMILES string of the molecule is c1ccc(Cc2cnc(NC3(c4ccc5c(c4)OCO5)CC3)s2)cc1. The van der Waals surface area contributed by atoms with Gasteiger partial charge in [0.15, 0.2) is 16.6 Å². The minimum Gasteiger partial charge on any atom is -0.454 e. The van der Waals surface area contributed by atoms with Crippen LogP contribution in [-0.4, -0.2) is 11.8 Å². The lowest BCUT2D eigenvalue weighted by molar-refractivity contribution is 0.174. The van der Waals surface area contributed by atoms with Gasteiger partial charge in [-0.1, -0.05) is 36.4 Å². The van der Waals surface area contributed by atoms with Gasteiger partial charge in [0.1, 0.15) is 0 Å². The summed E-state index contributed by atoms with van der Waals surface area (Å²) < 4.78 is 10.9. The summed E-state index contributed by atoms with van der Waals surface area (Å²) in [4.78, 5) is 5.86. The monoisotopic (exact) mass is 350 g/mol. The van der Waals surface area contributed by atoms with E-state index in [1.54, 1.807) is 11.3 Å². The number of aromatic nitrogens is 1. The smallest absolute Gasteiger partial charge is 0.231 e. The molecule has 1 aromatic heterocycles. The van der Waals surface area contributed by atoms with Crippen molar-refractivity contribution in [3.05, 3.63) is 70.7 Å². The van der Waals surface area contributed by atoms with Gasteiger partial charge in [0.2, 0.25) is 6.79 Å². The molecule has 2 heterocycles. The molecule has 5 rings (SSSR count). The molecule has 25 heavy (non-hydrogen) atoms. The summed E-state index contributed by atoms with van der Waals surface area (Å²) in [5, 5.41) is 4.64. The topological polar surface area (TPSA) is 43.4 Å². The fourth-order valence-corrected chi connectivity index (χ4v) is 4.20. The predicted octanol–water partition coefficient (Wildman–Crippen LogP) is 4.56. The Bertz CT molecular complexity index is 903. The average Bonchev–Trinajstić information content (AvgIpc) is 3.05. The molecular weight excluding hydrogens is 332 g/mol. The van der Waals surface area contributed by atoms with E-state index >= 15 is 0 Å². The molecule has 126 valence electrons. The predicted molar refractivity (Wildman–Crippen MR) is 98.5 cm³/mol. The Morgan fingerprint density at radius 1 is 1.04 bits per heavy atom. The Morgan fingerprint density at radius 3 is 2.72 bits per heavy atom. The van der Waals surface area contributed by atoms with Gasteiger partial charge in [-0.15, -0.1) is 11.3 Å². The zero-order valence-electron chi connectivity index (χ0n) is 13.7. The quantitative estimate of drug-likeness (QED) is 0.732. The largest absolute Gasteiger partial charge is 0.454 e. The first kappa shape index (κ1) is 14.8. The van der Waals surface area contributed by atoms with E-state index < -0.39 is 0 Å². The number of fused-ring (bicyclic) bond motifs is 1. The van der Waals surface area contributed by atoms with E-state index in [0.29, 0.717) is 6.79 Å². The maximum absolute atomic E-state index is 5.52. The number of rotatable bonds is 5. The van der Waals surface area contributed by atoms with Crippen molar-refractivity contribution in [3.8, 4) is 11.5 Å². The second kappa shape index (κ2) is 5.77. The molecule has 2 aromatic carbocycles. The van der Waals surface area contributed by atoms with Crippen LogP contribution in [0.2, 0.25) is 0 Å². The van der Waals surface area contributed by atoms with E-state index in [1.807, 2.05) is 18.3 Å². The van der Waals surface area contributed by atoms with Crippen LogP contribution in [0.1, 0.15) is 28.8 Å². The van der Waals surface area contributed by atoms with Crippen LogP contribution >= 0.6 is 11.3 Å². The lowest BCUT2D eigenvalue weighted by Gasteiger charge is -2.17. The number of benzene rings is 2. The Labute approximate surface area is 150 Å². The number of ether oxygens (including phenoxy) is 2. The van der Waals surface area contributed by atoms with E-state index in [0.717, 1.165) is 35.9 Å². The molecule has 1 fully saturated rings. The molecule has 5 heteroatoms. The van der Waals surface area contributed by atoms with Crippen LogP contribution in [0.4, 0.5) is 5.13 Å². The van der Waals surface area contributed by atoms with Crippen LogP contribution in [0.5, 0.6) is 11.5 Å². The summed E-state index contributed by atoms with van der Waals surface area (Å²) in [6.07, 6.45) is 5.13. The highest BCUT2D eigenvalue weighted by molar-refractivity contribution is 7.15. The van der Waals surface area contributed by atoms with Gasteiger partial charge >= 0.3 is 0 Å². The van der Waals surface area contributed by atoms with Crippen LogP contribution in [0, 0.1) is 0 Å². The van der Waals surface area contributed by atoms with Crippen LogP contribution in [-0.2, 0) is 12.0 Å². The molecule has 2 aliphatic rings. The van der Waals surface area contributed by atoms with Crippen molar-refractivity contribution in [1.29, 1.82) is 0 Å². The van der Waals surface area contributed by atoms with E-state index in [1.165, 1.54) is 16.0 Å². The molecule has 1 saturated carbocycles. The fourth-order valence-electron chi connectivity index (χ4n) is 3.25. The Hall–Kier alpha value is -2.53. The molecule has 3 aromatic rings. The van der Waals surface area contributed by atoms with Crippen molar-refractivity contribution < 1.29 is 9.47 Å². The number of thiazole rings is 1. The van der Waals surface area contributed by atoms with Gasteiger partial charge in [-0.05, 0) is 36.1 Å². The molecule has 0 amide bonds. The molecule has 1 aliphatic carbocycles. The summed E-state index contributed by atoms with van der Waals surface area (Å²) >= 11 is 1.74. The highest BCUT2D eigenvalue weighted by atomic mass is 32.1. The van der Waals surface area contributed by atoms with Crippen LogP contribution < -0.4 is 14.8 Å². The summed E-state index contributed by atoms with van der Waals surface area (Å²) in [5.74, 6) is 1.67. The number of nitrogens with zero attached hydrogens (tertiary/aromatic N) is 1. The number of hydrogen-bond acceptors (Lipinski definition) is 5. The number of nitrogens with one attached hydrogen (secondary N) is 1. The highest BCUT2D eigenvalue weighted by Crippen LogP contribution is 2.50. The van der Waals surface area contributed by atoms with Gasteiger partial charge in [-0.3, -0.25) is 0 Å². The Kier molecular flexibility index (Phi) is 3.41. The lowest BCUT2D eigenvalue weighted by atomic mass is 10.0. The summed E-state index contributed by atoms with van der Waals surface area (Å²) in [6, 6.07) is 16.7. The minimum absolute atomic E-state index is 0.0111. The average molecular weight is 350 g/mol. The summed E-state index contributed by atoms with van der Waals surface area (Å²) in [7, 11) is 0. The van der Waals surface area contributed by atoms with Crippen molar-refractivity contribution in [2.75, 3.05) is 12.1 Å². The first-order chi connectivity index (χ1) is 12.3. The van der Waals surface area contributed by atoms with Gasteiger partial charge in [-0.25, -0.2) is 4.98 Å². The van der Waals surface area contributed by atoms with E-state index in [4.69, 9.17) is 9.47 Å². The third kappa shape index (κ3) is 2.85. The molecule has 0 radical (unpaired) electrons. The van der Waals surface area contributed by atoms with Gasteiger partial charge in [0.25, 0.3) is 0 Å². The third-order valence-corrected chi connectivity index (χ3v) is 5.71. The van der Waals surface area contributed by atoms with Crippen molar-refractivity contribution in [3.63, 3.8) is 0 Å². The fraction of sp³-hybridized carbons (Fsp3) is 0.250. The van der Waals surface area contributed by atoms with Crippen LogP contribution in [0.15, 0.2) is 54.7 Å². The van der Waals surface area contributed by atoms with E-state index in [2.05, 4.69) is 46.7 Å². The van der Waals surface area contributed by atoms with Crippen molar-refractivity contribution in [1.82, 2.24) is 4.98 Å². The second-order valence-corrected chi connectivity index (χ2v) is 7.68. The molecule has 0 spiro atoms. The Morgan fingerprint density at radius 2 is 1.88 bits per heavy atom. The number of anilines is 1. The van der Waals surface area contributed by atoms with Crippen molar-refractivity contribution >= 4 is 16.5 Å². The van der Waals surface area contributed by atoms with Gasteiger partial charge < -0.3 is 14.8 Å². The molecule has 1 N–H and O–H groups in total. The standard InChI is InChI=1S/C20H18N2O2S/c1-2-4-14(5-3-1)10-16-12-21-19(25-16)22-20(8-9-20)15-6-7-17-18(11-15)24-13-23-17/h1-7,11-12H,8-10,13H2,(H,21,22). The van der Waals surface area contributed by atoms with Crippen molar-refractivity contribution in [2.24, 2.45) is 0 Å². The molecule has 1 aliphatic heterocycles. The lowest BCUT2D eigenvalue weighted by Crippen LogP contribution is -2.18. The zero-order valence-corrected chi connectivity index (χ0v) is 14.5. The third-order valence-electron chi connectivity index (χ3n) is 4.80. The zero-order chi connectivity index (χ0) is 16.7. The molecular formula is C20H18N2O2S. The van der Waals surface area contributed by atoms with Crippen LogP contribution in [0.25, 0.3) is 0 Å². The maximum Gasteiger partial charge on any atom is 0.231 e. The highest BCUT2D eigenvalue weighted by Gasteiger charge is 2.45.